The third-order valence-corrected chi connectivity index (χ3v) is 3.13. The molecule has 4 nitrogen and oxygen atoms in total. The molecule has 1 aromatic rings. The summed E-state index contributed by atoms with van der Waals surface area (Å²) >= 11 is 0. The largest absolute Gasteiger partial charge is 0.346 e. The Morgan fingerprint density at radius 1 is 1.27 bits per heavy atom. The molecule has 0 radical (unpaired) electrons. The van der Waals surface area contributed by atoms with Crippen LogP contribution in [0.1, 0.15) is 37.9 Å². The second-order valence-corrected chi connectivity index (χ2v) is 4.68. The Bertz CT molecular complexity index is 299. The number of nitrogens with zero attached hydrogens (tertiary/aromatic N) is 3. The van der Waals surface area contributed by atoms with E-state index in [0.717, 1.165) is 24.1 Å². The average Bonchev–Trinajstić information content (AvgIpc) is 2.68. The van der Waals surface area contributed by atoms with Gasteiger partial charge in [0.25, 0.3) is 0 Å². The summed E-state index contributed by atoms with van der Waals surface area (Å²) in [6.07, 6.45) is 7.98. The predicted molar refractivity (Wildman–Crippen MR) is 61.0 cm³/mol. The van der Waals surface area contributed by atoms with Crippen molar-refractivity contribution in [3.05, 3.63) is 5.82 Å². The van der Waals surface area contributed by atoms with Crippen LogP contribution < -0.4 is 4.90 Å². The summed E-state index contributed by atoms with van der Waals surface area (Å²) in [6, 6.07) is 0. The number of hydrogen-bond donors (Lipinski definition) is 1. The van der Waals surface area contributed by atoms with Crippen molar-refractivity contribution in [3.8, 4) is 0 Å². The van der Waals surface area contributed by atoms with E-state index in [1.807, 2.05) is 19.0 Å². The molecule has 2 rings (SSSR count). The molecule has 0 aromatic carbocycles. The summed E-state index contributed by atoms with van der Waals surface area (Å²) in [5.41, 5.74) is 0. The fraction of sp³-hybridized carbons (Fsp3) is 0.818. The van der Waals surface area contributed by atoms with Gasteiger partial charge < -0.3 is 4.90 Å². The van der Waals surface area contributed by atoms with Gasteiger partial charge in [0.05, 0.1) is 0 Å². The lowest BCUT2D eigenvalue weighted by Crippen LogP contribution is -2.11. The van der Waals surface area contributed by atoms with Crippen LogP contribution in [-0.4, -0.2) is 29.3 Å². The van der Waals surface area contributed by atoms with Gasteiger partial charge in [-0.05, 0) is 5.92 Å². The molecular formula is C11H20N4. The fourth-order valence-corrected chi connectivity index (χ4v) is 2.24. The van der Waals surface area contributed by atoms with Gasteiger partial charge in [-0.1, -0.05) is 32.1 Å². The van der Waals surface area contributed by atoms with Gasteiger partial charge in [-0.3, -0.25) is 5.10 Å². The van der Waals surface area contributed by atoms with Crippen molar-refractivity contribution in [1.29, 1.82) is 0 Å². The molecule has 1 heterocycles. The van der Waals surface area contributed by atoms with E-state index in [1.54, 1.807) is 0 Å². The minimum atomic E-state index is 0.792. The molecule has 0 unspecified atom stereocenters. The Kier molecular flexibility index (Phi) is 3.23. The second-order valence-electron chi connectivity index (χ2n) is 4.68. The Morgan fingerprint density at radius 2 is 2.00 bits per heavy atom. The summed E-state index contributed by atoms with van der Waals surface area (Å²) in [5.74, 6) is 2.66. The number of rotatable bonds is 3. The van der Waals surface area contributed by atoms with Crippen LogP contribution >= 0.6 is 0 Å². The molecule has 15 heavy (non-hydrogen) atoms. The number of aromatic nitrogens is 3. The Hall–Kier alpha value is -1.06. The Balaban J connectivity index is 1.91. The van der Waals surface area contributed by atoms with Gasteiger partial charge in [0, 0.05) is 20.5 Å². The zero-order valence-electron chi connectivity index (χ0n) is 9.66. The summed E-state index contributed by atoms with van der Waals surface area (Å²) in [5, 5.41) is 7.20. The first-order valence-corrected chi connectivity index (χ1v) is 5.84. The Labute approximate surface area is 91.1 Å². The number of anilines is 1. The third-order valence-electron chi connectivity index (χ3n) is 3.13. The second kappa shape index (κ2) is 4.64. The fourth-order valence-electron chi connectivity index (χ4n) is 2.24. The zero-order chi connectivity index (χ0) is 10.7. The zero-order valence-corrected chi connectivity index (χ0v) is 9.66. The first-order valence-electron chi connectivity index (χ1n) is 5.84. The van der Waals surface area contributed by atoms with Crippen LogP contribution in [0, 0.1) is 5.92 Å². The summed E-state index contributed by atoms with van der Waals surface area (Å²) in [4.78, 5) is 6.39. The van der Waals surface area contributed by atoms with E-state index >= 15 is 0 Å². The molecule has 1 fully saturated rings. The monoisotopic (exact) mass is 208 g/mol. The van der Waals surface area contributed by atoms with Crippen LogP contribution in [0.15, 0.2) is 0 Å². The van der Waals surface area contributed by atoms with E-state index < -0.39 is 0 Å². The van der Waals surface area contributed by atoms with E-state index in [-0.39, 0.29) is 0 Å². The normalized spacial score (nSPS) is 18.0. The van der Waals surface area contributed by atoms with Gasteiger partial charge in [-0.2, -0.15) is 4.98 Å². The maximum atomic E-state index is 4.46. The van der Waals surface area contributed by atoms with E-state index in [0.29, 0.717) is 0 Å². The molecule has 1 aliphatic rings. The van der Waals surface area contributed by atoms with Crippen LogP contribution in [0.5, 0.6) is 0 Å². The smallest absolute Gasteiger partial charge is 0.244 e. The molecule has 1 aromatic heterocycles. The van der Waals surface area contributed by atoms with Crippen LogP contribution in [0.4, 0.5) is 5.95 Å². The Morgan fingerprint density at radius 3 is 2.60 bits per heavy atom. The average molecular weight is 208 g/mol. The van der Waals surface area contributed by atoms with Crippen LogP contribution in [0.2, 0.25) is 0 Å². The molecule has 0 atom stereocenters. The number of nitrogens with one attached hydrogen (secondary N) is 1. The molecule has 0 amide bonds. The highest BCUT2D eigenvalue weighted by atomic mass is 15.3. The molecule has 1 saturated carbocycles. The standard InChI is InChI=1S/C11H20N4/c1-15(2)11-12-10(13-14-11)8-9-6-4-3-5-7-9/h9H,3-8H2,1-2H3,(H,12,13,14). The summed E-state index contributed by atoms with van der Waals surface area (Å²) < 4.78 is 0. The number of aromatic amines is 1. The maximum Gasteiger partial charge on any atom is 0.244 e. The van der Waals surface area contributed by atoms with Gasteiger partial charge in [0.15, 0.2) is 0 Å². The SMILES string of the molecule is CN(C)c1n[nH]c(CC2CCCCC2)n1. The first-order chi connectivity index (χ1) is 7.25. The molecule has 0 aliphatic heterocycles. The van der Waals surface area contributed by atoms with Crippen molar-refractivity contribution in [2.45, 2.75) is 38.5 Å². The van der Waals surface area contributed by atoms with E-state index in [1.165, 1.54) is 32.1 Å². The molecule has 0 spiro atoms. The van der Waals surface area contributed by atoms with E-state index in [4.69, 9.17) is 0 Å². The predicted octanol–water partition coefficient (Wildman–Crippen LogP) is 1.99. The van der Waals surface area contributed by atoms with Gasteiger partial charge in [-0.25, -0.2) is 0 Å². The van der Waals surface area contributed by atoms with Gasteiger partial charge in [0.1, 0.15) is 5.82 Å². The van der Waals surface area contributed by atoms with Crippen molar-refractivity contribution in [2.24, 2.45) is 5.92 Å². The van der Waals surface area contributed by atoms with Crippen molar-refractivity contribution in [1.82, 2.24) is 15.2 Å². The maximum absolute atomic E-state index is 4.46. The number of hydrogen-bond acceptors (Lipinski definition) is 3. The summed E-state index contributed by atoms with van der Waals surface area (Å²) in [6.45, 7) is 0. The van der Waals surface area contributed by atoms with E-state index in [2.05, 4.69) is 15.2 Å². The molecule has 4 heteroatoms. The summed E-state index contributed by atoms with van der Waals surface area (Å²) in [7, 11) is 3.93. The first kappa shape index (κ1) is 10.5. The lowest BCUT2D eigenvalue weighted by molar-refractivity contribution is 0.352. The minimum Gasteiger partial charge on any atom is -0.346 e. The molecule has 0 saturated heterocycles. The van der Waals surface area contributed by atoms with Gasteiger partial charge >= 0.3 is 0 Å². The highest BCUT2D eigenvalue weighted by Crippen LogP contribution is 2.26. The third kappa shape index (κ3) is 2.70. The topological polar surface area (TPSA) is 44.8 Å². The van der Waals surface area contributed by atoms with Crippen molar-refractivity contribution < 1.29 is 0 Å². The van der Waals surface area contributed by atoms with Crippen LogP contribution in [0.3, 0.4) is 0 Å². The molecule has 84 valence electrons. The lowest BCUT2D eigenvalue weighted by Gasteiger charge is -2.19. The minimum absolute atomic E-state index is 0.792. The van der Waals surface area contributed by atoms with Gasteiger partial charge in [-0.15, -0.1) is 5.10 Å². The molecule has 1 N–H and O–H groups in total. The van der Waals surface area contributed by atoms with Crippen molar-refractivity contribution in [3.63, 3.8) is 0 Å². The van der Waals surface area contributed by atoms with Crippen LogP contribution in [-0.2, 0) is 6.42 Å². The molecular weight excluding hydrogens is 188 g/mol. The lowest BCUT2D eigenvalue weighted by atomic mass is 9.87. The van der Waals surface area contributed by atoms with Crippen molar-refractivity contribution in [2.75, 3.05) is 19.0 Å². The number of H-pyrrole nitrogens is 1. The molecule has 0 bridgehead atoms. The van der Waals surface area contributed by atoms with Crippen LogP contribution in [0.25, 0.3) is 0 Å². The van der Waals surface area contributed by atoms with Crippen molar-refractivity contribution >= 4 is 5.95 Å². The quantitative estimate of drug-likeness (QED) is 0.826. The highest BCUT2D eigenvalue weighted by molar-refractivity contribution is 5.24. The molecule has 1 aliphatic carbocycles. The highest BCUT2D eigenvalue weighted by Gasteiger charge is 2.16. The van der Waals surface area contributed by atoms with Gasteiger partial charge in [0.2, 0.25) is 5.95 Å². The van der Waals surface area contributed by atoms with E-state index in [9.17, 15) is 0 Å².